The predicted octanol–water partition coefficient (Wildman–Crippen LogP) is 4.09. The summed E-state index contributed by atoms with van der Waals surface area (Å²) in [5.41, 5.74) is 7.19. The number of carbonyl (C=O) groups is 2. The number of carbonyl (C=O) groups excluding carboxylic acids is 2. The average Bonchev–Trinajstić information content (AvgIpc) is 3.36. The lowest BCUT2D eigenvalue weighted by Gasteiger charge is -2.12. The fourth-order valence-electron chi connectivity index (χ4n) is 3.30. The van der Waals surface area contributed by atoms with Gasteiger partial charge in [-0.15, -0.1) is 0 Å². The molecule has 8 nitrogen and oxygen atoms in total. The van der Waals surface area contributed by atoms with Crippen LogP contribution in [0.3, 0.4) is 0 Å². The molecule has 2 N–H and O–H groups in total. The van der Waals surface area contributed by atoms with Crippen molar-refractivity contribution in [2.24, 2.45) is 0 Å². The number of benzene rings is 3. The summed E-state index contributed by atoms with van der Waals surface area (Å²) in [5.74, 6) is 0.0967. The Bertz CT molecular complexity index is 1280. The fraction of sp³-hybridized carbons (Fsp3) is 0.154. The summed E-state index contributed by atoms with van der Waals surface area (Å²) >= 11 is 0. The molecule has 0 aliphatic heterocycles. The highest BCUT2D eigenvalue weighted by Crippen LogP contribution is 2.29. The average molecular weight is 474 g/mol. The Hall–Kier alpha value is -4.53. The third kappa shape index (κ3) is 6.73. The van der Waals surface area contributed by atoms with E-state index in [0.717, 1.165) is 11.1 Å². The molecule has 0 aliphatic rings. The largest absolute Gasteiger partial charge is 0.483 e. The quantitative estimate of drug-likeness (QED) is 0.354. The van der Waals surface area contributed by atoms with Crippen molar-refractivity contribution in [1.82, 2.24) is 21.0 Å². The molecule has 0 atom stereocenters. The number of nitrogens with one attached hydrogen (secondary N) is 2. The summed E-state index contributed by atoms with van der Waals surface area (Å²) in [6.45, 7) is -0.252. The maximum absolute atomic E-state index is 13.0. The van der Waals surface area contributed by atoms with Crippen molar-refractivity contribution in [1.29, 1.82) is 0 Å². The van der Waals surface area contributed by atoms with E-state index in [1.807, 2.05) is 48.5 Å². The van der Waals surface area contributed by atoms with E-state index in [4.69, 9.17) is 9.26 Å². The van der Waals surface area contributed by atoms with Crippen molar-refractivity contribution in [3.63, 3.8) is 0 Å². The lowest BCUT2D eigenvalue weighted by molar-refractivity contribution is -0.130. The molecule has 1 aromatic heterocycles. The van der Waals surface area contributed by atoms with Gasteiger partial charge < -0.3 is 9.26 Å². The SMILES string of the molecule is O=C(CCCc1nc(-c2ccc(F)cc2)no1)NNC(=O)COc1ccccc1-c1ccccc1. The number of hydrazine groups is 1. The number of ether oxygens (including phenoxy) is 1. The van der Waals surface area contributed by atoms with Crippen LogP contribution in [0, 0.1) is 5.82 Å². The normalized spacial score (nSPS) is 10.5. The van der Waals surface area contributed by atoms with E-state index in [2.05, 4.69) is 21.0 Å². The molecule has 0 saturated heterocycles. The van der Waals surface area contributed by atoms with Crippen LogP contribution in [-0.4, -0.2) is 28.6 Å². The molecule has 2 amide bonds. The molecule has 0 radical (unpaired) electrons. The zero-order chi connectivity index (χ0) is 24.5. The third-order valence-corrected chi connectivity index (χ3v) is 5.04. The van der Waals surface area contributed by atoms with E-state index in [1.54, 1.807) is 18.2 Å². The molecule has 0 saturated carbocycles. The number of aromatic nitrogens is 2. The molecule has 1 heterocycles. The van der Waals surface area contributed by atoms with Crippen molar-refractivity contribution >= 4 is 11.8 Å². The fourth-order valence-corrected chi connectivity index (χ4v) is 3.30. The smallest absolute Gasteiger partial charge is 0.276 e. The molecule has 0 unspecified atom stereocenters. The maximum Gasteiger partial charge on any atom is 0.276 e. The summed E-state index contributed by atoms with van der Waals surface area (Å²) in [6.07, 6.45) is 0.967. The van der Waals surface area contributed by atoms with Gasteiger partial charge in [0.1, 0.15) is 11.6 Å². The first-order valence-corrected chi connectivity index (χ1v) is 11.0. The van der Waals surface area contributed by atoms with Crippen LogP contribution >= 0.6 is 0 Å². The molecular formula is C26H23FN4O4. The first-order valence-electron chi connectivity index (χ1n) is 11.0. The standard InChI is InChI=1S/C26H23FN4O4/c27-20-15-13-19(14-16-20)26-28-25(35-31-26)12-6-11-23(32)29-30-24(33)17-34-22-10-5-4-9-21(22)18-7-2-1-3-8-18/h1-5,7-10,13-16H,6,11-12,17H2,(H,29,32)(H,30,33). The molecule has 35 heavy (non-hydrogen) atoms. The van der Waals surface area contributed by atoms with Gasteiger partial charge in [0, 0.05) is 24.0 Å². The second kappa shape index (κ2) is 11.6. The van der Waals surface area contributed by atoms with Crippen molar-refractivity contribution in [2.75, 3.05) is 6.61 Å². The first-order chi connectivity index (χ1) is 17.1. The molecule has 4 rings (SSSR count). The van der Waals surface area contributed by atoms with Gasteiger partial charge >= 0.3 is 0 Å². The van der Waals surface area contributed by atoms with Gasteiger partial charge in [-0.25, -0.2) is 4.39 Å². The van der Waals surface area contributed by atoms with Gasteiger partial charge in [0.2, 0.25) is 17.6 Å². The van der Waals surface area contributed by atoms with Gasteiger partial charge in [0.25, 0.3) is 5.91 Å². The Morgan fingerprint density at radius 3 is 2.37 bits per heavy atom. The second-order valence-electron chi connectivity index (χ2n) is 7.62. The minimum atomic E-state index is -0.484. The molecule has 0 spiro atoms. The first kappa shape index (κ1) is 23.6. The number of hydrogen-bond acceptors (Lipinski definition) is 6. The summed E-state index contributed by atoms with van der Waals surface area (Å²) in [5, 5.41) is 3.86. The molecule has 0 fully saturated rings. The number of nitrogens with zero attached hydrogens (tertiary/aromatic N) is 2. The molecule has 3 aromatic carbocycles. The van der Waals surface area contributed by atoms with Crippen LogP contribution in [0.5, 0.6) is 5.75 Å². The number of halogens is 1. The molecular weight excluding hydrogens is 451 g/mol. The Labute approximate surface area is 201 Å². The summed E-state index contributed by atoms with van der Waals surface area (Å²) < 4.78 is 23.9. The monoisotopic (exact) mass is 474 g/mol. The number of para-hydroxylation sites is 1. The topological polar surface area (TPSA) is 106 Å². The molecule has 178 valence electrons. The summed E-state index contributed by atoms with van der Waals surface area (Å²) in [6, 6.07) is 22.9. The Kier molecular flexibility index (Phi) is 7.80. The van der Waals surface area contributed by atoms with Gasteiger partial charge in [0.15, 0.2) is 6.61 Å². The highest BCUT2D eigenvalue weighted by molar-refractivity contribution is 5.83. The van der Waals surface area contributed by atoms with Gasteiger partial charge in [-0.1, -0.05) is 53.7 Å². The van der Waals surface area contributed by atoms with Crippen molar-refractivity contribution < 1.29 is 23.2 Å². The maximum atomic E-state index is 13.0. The summed E-state index contributed by atoms with van der Waals surface area (Å²) in [7, 11) is 0. The zero-order valence-corrected chi connectivity index (χ0v) is 18.7. The van der Waals surface area contributed by atoms with E-state index in [9.17, 15) is 14.0 Å². The highest BCUT2D eigenvalue weighted by Gasteiger charge is 2.11. The van der Waals surface area contributed by atoms with Crippen LogP contribution in [-0.2, 0) is 16.0 Å². The Morgan fingerprint density at radius 2 is 1.57 bits per heavy atom. The van der Waals surface area contributed by atoms with Crippen LogP contribution < -0.4 is 15.6 Å². The molecule has 4 aromatic rings. The number of aryl methyl sites for hydroxylation is 1. The van der Waals surface area contributed by atoms with Crippen molar-refractivity contribution in [2.45, 2.75) is 19.3 Å². The summed E-state index contributed by atoms with van der Waals surface area (Å²) in [4.78, 5) is 28.4. The van der Waals surface area contributed by atoms with E-state index >= 15 is 0 Å². The minimum Gasteiger partial charge on any atom is -0.483 e. The molecule has 0 aliphatic carbocycles. The lowest BCUT2D eigenvalue weighted by atomic mass is 10.1. The second-order valence-corrected chi connectivity index (χ2v) is 7.62. The van der Waals surface area contributed by atoms with Gasteiger partial charge in [-0.3, -0.25) is 20.4 Å². The Balaban J connectivity index is 1.18. The number of hydrogen-bond donors (Lipinski definition) is 2. The van der Waals surface area contributed by atoms with Crippen LogP contribution in [0.2, 0.25) is 0 Å². The van der Waals surface area contributed by atoms with Crippen LogP contribution in [0.15, 0.2) is 83.4 Å². The van der Waals surface area contributed by atoms with Crippen LogP contribution in [0.4, 0.5) is 4.39 Å². The highest BCUT2D eigenvalue weighted by atomic mass is 19.1. The van der Waals surface area contributed by atoms with Gasteiger partial charge in [-0.2, -0.15) is 4.98 Å². The van der Waals surface area contributed by atoms with Crippen LogP contribution in [0.1, 0.15) is 18.7 Å². The molecule has 0 bridgehead atoms. The molecule has 9 heteroatoms. The zero-order valence-electron chi connectivity index (χ0n) is 18.7. The van der Waals surface area contributed by atoms with E-state index in [-0.39, 0.29) is 24.8 Å². The van der Waals surface area contributed by atoms with Crippen LogP contribution in [0.25, 0.3) is 22.5 Å². The van der Waals surface area contributed by atoms with E-state index < -0.39 is 5.91 Å². The van der Waals surface area contributed by atoms with E-state index in [1.165, 1.54) is 12.1 Å². The lowest BCUT2D eigenvalue weighted by Crippen LogP contribution is -2.43. The number of rotatable bonds is 9. The van der Waals surface area contributed by atoms with Crippen molar-refractivity contribution in [3.05, 3.63) is 90.6 Å². The third-order valence-electron chi connectivity index (χ3n) is 5.04. The number of amides is 2. The van der Waals surface area contributed by atoms with E-state index in [0.29, 0.717) is 35.9 Å². The minimum absolute atomic E-state index is 0.145. The van der Waals surface area contributed by atoms with Gasteiger partial charge in [0.05, 0.1) is 0 Å². The Morgan fingerprint density at radius 1 is 0.857 bits per heavy atom. The van der Waals surface area contributed by atoms with Gasteiger partial charge in [-0.05, 0) is 42.3 Å². The van der Waals surface area contributed by atoms with Crippen molar-refractivity contribution in [3.8, 4) is 28.3 Å². The predicted molar refractivity (Wildman–Crippen MR) is 126 cm³/mol.